The Hall–Kier alpha value is -1.35. The Labute approximate surface area is 121 Å². The molecule has 2 N–H and O–H groups in total. The highest BCUT2D eigenvalue weighted by molar-refractivity contribution is 5.99. The molecule has 1 fully saturated rings. The van der Waals surface area contributed by atoms with Gasteiger partial charge in [0.05, 0.1) is 6.42 Å². The third-order valence-electron chi connectivity index (χ3n) is 4.72. The van der Waals surface area contributed by atoms with Crippen molar-refractivity contribution >= 4 is 11.6 Å². The molecule has 0 radical (unpaired) electrons. The molecule has 2 atom stereocenters. The molecular weight excluding hydrogens is 248 g/mol. The van der Waals surface area contributed by atoms with Crippen molar-refractivity contribution in [2.75, 3.05) is 11.9 Å². The minimum Gasteiger partial charge on any atom is -0.326 e. The minimum atomic E-state index is 0.113. The number of hydrogen-bond donors (Lipinski definition) is 2. The smallest absolute Gasteiger partial charge is 0.228 e. The van der Waals surface area contributed by atoms with Crippen molar-refractivity contribution in [3.8, 4) is 0 Å². The molecule has 108 valence electrons. The van der Waals surface area contributed by atoms with Gasteiger partial charge in [0.25, 0.3) is 0 Å². The molecule has 3 heteroatoms. The van der Waals surface area contributed by atoms with Gasteiger partial charge in [0.15, 0.2) is 0 Å². The monoisotopic (exact) mass is 272 g/mol. The summed E-state index contributed by atoms with van der Waals surface area (Å²) in [6, 6.07) is 6.87. The average Bonchev–Trinajstić information content (AvgIpc) is 2.85. The van der Waals surface area contributed by atoms with E-state index in [-0.39, 0.29) is 5.91 Å². The van der Waals surface area contributed by atoms with Crippen LogP contribution in [0.4, 0.5) is 5.69 Å². The molecule has 1 aliphatic heterocycles. The van der Waals surface area contributed by atoms with Crippen LogP contribution in [0.1, 0.15) is 50.8 Å². The van der Waals surface area contributed by atoms with Crippen molar-refractivity contribution in [3.63, 3.8) is 0 Å². The maximum Gasteiger partial charge on any atom is 0.228 e. The number of fused-ring (bicyclic) bond motifs is 1. The number of hydrogen-bond acceptors (Lipinski definition) is 2. The summed E-state index contributed by atoms with van der Waals surface area (Å²) in [4.78, 5) is 11.5. The highest BCUT2D eigenvalue weighted by atomic mass is 16.1. The number of carbonyl (C=O) groups excluding carboxylic acids is 1. The van der Waals surface area contributed by atoms with Crippen LogP contribution in [0.2, 0.25) is 0 Å². The molecule has 3 nitrogen and oxygen atoms in total. The molecule has 1 heterocycles. The van der Waals surface area contributed by atoms with Crippen LogP contribution < -0.4 is 10.6 Å². The zero-order chi connectivity index (χ0) is 14.3. The van der Waals surface area contributed by atoms with E-state index < -0.39 is 0 Å². The maximum atomic E-state index is 11.5. The van der Waals surface area contributed by atoms with Crippen LogP contribution >= 0.6 is 0 Å². The van der Waals surface area contributed by atoms with Crippen molar-refractivity contribution in [1.82, 2.24) is 5.32 Å². The molecule has 1 saturated carbocycles. The van der Waals surface area contributed by atoms with Gasteiger partial charge in [-0.2, -0.15) is 0 Å². The summed E-state index contributed by atoms with van der Waals surface area (Å²) in [7, 11) is 0. The Balaban J connectivity index is 1.84. The van der Waals surface area contributed by atoms with Gasteiger partial charge in [0.2, 0.25) is 5.91 Å². The largest absolute Gasteiger partial charge is 0.326 e. The molecule has 1 aromatic carbocycles. The number of amides is 1. The highest BCUT2D eigenvalue weighted by Gasteiger charge is 2.50. The Morgan fingerprint density at radius 1 is 1.45 bits per heavy atom. The first kappa shape index (κ1) is 13.6. The molecule has 0 spiro atoms. The molecule has 1 aromatic rings. The van der Waals surface area contributed by atoms with Gasteiger partial charge >= 0.3 is 0 Å². The topological polar surface area (TPSA) is 41.1 Å². The van der Waals surface area contributed by atoms with Crippen molar-refractivity contribution in [1.29, 1.82) is 0 Å². The van der Waals surface area contributed by atoms with Crippen LogP contribution in [0.3, 0.4) is 0 Å². The molecule has 0 aromatic heterocycles. The van der Waals surface area contributed by atoms with Gasteiger partial charge in [0.1, 0.15) is 0 Å². The number of benzene rings is 1. The van der Waals surface area contributed by atoms with Crippen LogP contribution in [0.15, 0.2) is 18.2 Å². The molecule has 2 unspecified atom stereocenters. The molecular formula is C17H24N2O. The molecule has 20 heavy (non-hydrogen) atoms. The lowest BCUT2D eigenvalue weighted by Crippen LogP contribution is -2.25. The van der Waals surface area contributed by atoms with Crippen LogP contribution in [-0.4, -0.2) is 12.5 Å². The van der Waals surface area contributed by atoms with Gasteiger partial charge in [-0.15, -0.1) is 0 Å². The first-order chi connectivity index (χ1) is 9.51. The molecule has 3 rings (SSSR count). The highest BCUT2D eigenvalue weighted by Crippen LogP contribution is 2.57. The zero-order valence-electron chi connectivity index (χ0n) is 12.6. The normalized spacial score (nSPS) is 24.1. The number of nitrogens with one attached hydrogen (secondary N) is 2. The van der Waals surface area contributed by atoms with Crippen LogP contribution in [0, 0.1) is 11.3 Å². The maximum absolute atomic E-state index is 11.5. The van der Waals surface area contributed by atoms with E-state index in [4.69, 9.17) is 0 Å². The Kier molecular flexibility index (Phi) is 3.33. The van der Waals surface area contributed by atoms with Gasteiger partial charge < -0.3 is 10.6 Å². The quantitative estimate of drug-likeness (QED) is 0.863. The molecule has 1 aliphatic carbocycles. The van der Waals surface area contributed by atoms with E-state index in [1.54, 1.807) is 0 Å². The predicted molar refractivity (Wildman–Crippen MR) is 81.7 cm³/mol. The van der Waals surface area contributed by atoms with Crippen LogP contribution in [0.25, 0.3) is 0 Å². The van der Waals surface area contributed by atoms with E-state index in [9.17, 15) is 4.79 Å². The third-order valence-corrected chi connectivity index (χ3v) is 4.72. The fourth-order valence-corrected chi connectivity index (χ4v) is 3.31. The van der Waals surface area contributed by atoms with Crippen molar-refractivity contribution in [2.45, 2.75) is 46.1 Å². The second kappa shape index (κ2) is 4.88. The molecule has 0 saturated heterocycles. The fraction of sp³-hybridized carbons (Fsp3) is 0.588. The van der Waals surface area contributed by atoms with E-state index in [0.29, 0.717) is 23.8 Å². The first-order valence-corrected chi connectivity index (χ1v) is 7.67. The molecule has 2 aliphatic rings. The SMILES string of the molecule is CCCNC(c1ccc2c(c1)CC(=O)N2)C1CC1(C)C. The summed E-state index contributed by atoms with van der Waals surface area (Å²) in [6.07, 6.45) is 2.95. The summed E-state index contributed by atoms with van der Waals surface area (Å²) >= 11 is 0. The lowest BCUT2D eigenvalue weighted by molar-refractivity contribution is -0.115. The summed E-state index contributed by atoms with van der Waals surface area (Å²) in [5.74, 6) is 0.819. The summed E-state index contributed by atoms with van der Waals surface area (Å²) in [5, 5.41) is 6.61. The van der Waals surface area contributed by atoms with Gasteiger partial charge in [0, 0.05) is 11.7 Å². The van der Waals surface area contributed by atoms with Crippen LogP contribution in [0.5, 0.6) is 0 Å². The number of rotatable bonds is 5. The number of anilines is 1. The predicted octanol–water partition coefficient (Wildman–Crippen LogP) is 3.27. The van der Waals surface area contributed by atoms with Crippen molar-refractivity contribution < 1.29 is 4.79 Å². The van der Waals surface area contributed by atoms with Crippen LogP contribution in [-0.2, 0) is 11.2 Å². The van der Waals surface area contributed by atoms with E-state index in [1.165, 1.54) is 12.0 Å². The Morgan fingerprint density at radius 3 is 2.85 bits per heavy atom. The standard InChI is InChI=1S/C17H24N2O/c1-4-7-18-16(13-10-17(13,2)3)11-5-6-14-12(8-11)9-15(20)19-14/h5-6,8,13,16,18H,4,7,9-10H2,1-3H3,(H,19,20). The zero-order valence-corrected chi connectivity index (χ0v) is 12.6. The van der Waals surface area contributed by atoms with Gasteiger partial charge in [-0.05, 0) is 47.9 Å². The third kappa shape index (κ3) is 2.47. The average molecular weight is 272 g/mol. The van der Waals surface area contributed by atoms with E-state index >= 15 is 0 Å². The summed E-state index contributed by atoms with van der Waals surface area (Å²) in [5.41, 5.74) is 3.92. The number of carbonyl (C=O) groups is 1. The Bertz CT molecular complexity index is 536. The Morgan fingerprint density at radius 2 is 2.20 bits per heavy atom. The van der Waals surface area contributed by atoms with Gasteiger partial charge in [-0.3, -0.25) is 4.79 Å². The minimum absolute atomic E-state index is 0.113. The second-order valence-electron chi connectivity index (χ2n) is 6.87. The van der Waals surface area contributed by atoms with E-state index in [1.807, 2.05) is 0 Å². The van der Waals surface area contributed by atoms with Gasteiger partial charge in [-0.25, -0.2) is 0 Å². The first-order valence-electron chi connectivity index (χ1n) is 7.67. The summed E-state index contributed by atoms with van der Waals surface area (Å²) in [6.45, 7) is 7.94. The molecule has 0 bridgehead atoms. The van der Waals surface area contributed by atoms with E-state index in [0.717, 1.165) is 24.2 Å². The van der Waals surface area contributed by atoms with Crippen molar-refractivity contribution in [3.05, 3.63) is 29.3 Å². The van der Waals surface area contributed by atoms with E-state index in [2.05, 4.69) is 49.6 Å². The lowest BCUT2D eigenvalue weighted by Gasteiger charge is -2.21. The van der Waals surface area contributed by atoms with Crippen molar-refractivity contribution in [2.24, 2.45) is 11.3 Å². The fourth-order valence-electron chi connectivity index (χ4n) is 3.31. The van der Waals surface area contributed by atoms with Gasteiger partial charge in [-0.1, -0.05) is 32.9 Å². The molecule has 1 amide bonds. The summed E-state index contributed by atoms with van der Waals surface area (Å²) < 4.78 is 0. The second-order valence-corrected chi connectivity index (χ2v) is 6.87. The lowest BCUT2D eigenvalue weighted by atomic mass is 9.95.